The number of hydrogen-bond acceptors (Lipinski definition) is 6. The summed E-state index contributed by atoms with van der Waals surface area (Å²) in [5.41, 5.74) is 2.90. The van der Waals surface area contributed by atoms with E-state index in [0.717, 1.165) is 33.9 Å². The maximum absolute atomic E-state index is 4.60. The number of pyridine rings is 1. The minimum absolute atomic E-state index is 0.506. The zero-order chi connectivity index (χ0) is 18.1. The third kappa shape index (κ3) is 3.19. The summed E-state index contributed by atoms with van der Waals surface area (Å²) in [6.07, 6.45) is 3.73. The molecule has 0 unspecified atom stereocenters. The Morgan fingerprint density at radius 2 is 1.96 bits per heavy atom. The van der Waals surface area contributed by atoms with Gasteiger partial charge in [-0.3, -0.25) is 4.68 Å². The maximum atomic E-state index is 4.60. The van der Waals surface area contributed by atoms with Crippen molar-refractivity contribution in [2.75, 3.05) is 17.3 Å². The lowest BCUT2D eigenvalue weighted by atomic mass is 10.2. The Morgan fingerprint density at radius 1 is 1.08 bits per heavy atom. The van der Waals surface area contributed by atoms with Crippen LogP contribution >= 0.6 is 0 Å². The molecule has 0 amide bonds. The quantitative estimate of drug-likeness (QED) is 0.609. The van der Waals surface area contributed by atoms with Crippen molar-refractivity contribution < 1.29 is 0 Å². The average molecular weight is 345 g/mol. The van der Waals surface area contributed by atoms with E-state index in [1.165, 1.54) is 0 Å². The number of hydrogen-bond donors (Lipinski definition) is 1. The van der Waals surface area contributed by atoms with Crippen LogP contribution in [0.25, 0.3) is 10.9 Å². The van der Waals surface area contributed by atoms with Gasteiger partial charge >= 0.3 is 0 Å². The molecule has 130 valence electrons. The second-order valence-electron chi connectivity index (χ2n) is 6.13. The van der Waals surface area contributed by atoms with Crippen molar-refractivity contribution in [2.24, 2.45) is 7.05 Å². The number of anilines is 4. The van der Waals surface area contributed by atoms with Gasteiger partial charge in [0.05, 0.1) is 5.52 Å². The third-order valence-corrected chi connectivity index (χ3v) is 4.11. The number of aromatic nitrogens is 5. The van der Waals surface area contributed by atoms with Gasteiger partial charge in [0.25, 0.3) is 0 Å². The van der Waals surface area contributed by atoms with Crippen LogP contribution in [-0.2, 0) is 7.05 Å². The Hall–Kier alpha value is -3.48. The van der Waals surface area contributed by atoms with Crippen LogP contribution in [0, 0.1) is 6.92 Å². The molecule has 0 aliphatic heterocycles. The summed E-state index contributed by atoms with van der Waals surface area (Å²) in [7, 11) is 3.90. The summed E-state index contributed by atoms with van der Waals surface area (Å²) in [4.78, 5) is 15.3. The molecule has 3 aromatic heterocycles. The molecule has 0 aliphatic carbocycles. The van der Waals surface area contributed by atoms with Gasteiger partial charge in [-0.15, -0.1) is 0 Å². The van der Waals surface area contributed by atoms with Crippen molar-refractivity contribution in [3.8, 4) is 0 Å². The van der Waals surface area contributed by atoms with E-state index in [-0.39, 0.29) is 0 Å². The molecule has 0 saturated carbocycles. The van der Waals surface area contributed by atoms with Crippen LogP contribution in [0.1, 0.15) is 5.69 Å². The fourth-order valence-electron chi connectivity index (χ4n) is 2.79. The zero-order valence-corrected chi connectivity index (χ0v) is 14.9. The molecule has 0 saturated heterocycles. The molecule has 0 bridgehead atoms. The SMILES string of the molecule is Cc1cccc(Nc2nccc(N(C)c3ccc4cn(C)nc4c3)n2)n1. The summed E-state index contributed by atoms with van der Waals surface area (Å²) >= 11 is 0. The first-order chi connectivity index (χ1) is 12.6. The molecule has 3 heterocycles. The topological polar surface area (TPSA) is 71.8 Å². The Balaban J connectivity index is 1.61. The van der Waals surface area contributed by atoms with Gasteiger partial charge < -0.3 is 10.2 Å². The first-order valence-corrected chi connectivity index (χ1v) is 8.29. The van der Waals surface area contributed by atoms with E-state index in [1.54, 1.807) is 6.20 Å². The van der Waals surface area contributed by atoms with Crippen LogP contribution in [0.4, 0.5) is 23.3 Å². The molecule has 4 rings (SSSR count). The van der Waals surface area contributed by atoms with Crippen LogP contribution in [-0.4, -0.2) is 31.8 Å². The number of benzene rings is 1. The van der Waals surface area contributed by atoms with Crippen molar-refractivity contribution in [2.45, 2.75) is 6.92 Å². The third-order valence-electron chi connectivity index (χ3n) is 4.11. The van der Waals surface area contributed by atoms with Crippen LogP contribution < -0.4 is 10.2 Å². The molecular formula is C19H19N7. The standard InChI is InChI=1S/C19H19N7/c1-13-5-4-6-17(21-13)22-19-20-10-9-18(23-19)26(3)15-8-7-14-12-25(2)24-16(14)11-15/h4-12H,1-3H3,(H,20,21,22,23). The Bertz CT molecular complexity index is 1070. The molecule has 7 heteroatoms. The highest BCUT2D eigenvalue weighted by atomic mass is 15.3. The Kier molecular flexibility index (Phi) is 3.96. The van der Waals surface area contributed by atoms with E-state index in [4.69, 9.17) is 0 Å². The van der Waals surface area contributed by atoms with E-state index in [9.17, 15) is 0 Å². The summed E-state index contributed by atoms with van der Waals surface area (Å²) in [6, 6.07) is 13.8. The second kappa shape index (κ2) is 6.44. The predicted octanol–water partition coefficient (Wildman–Crippen LogP) is 3.58. The van der Waals surface area contributed by atoms with Crippen LogP contribution in [0.3, 0.4) is 0 Å². The fraction of sp³-hybridized carbons (Fsp3) is 0.158. The number of aryl methyl sites for hydroxylation is 2. The van der Waals surface area contributed by atoms with Gasteiger partial charge in [0.15, 0.2) is 0 Å². The molecule has 7 nitrogen and oxygen atoms in total. The minimum Gasteiger partial charge on any atom is -0.329 e. The second-order valence-corrected chi connectivity index (χ2v) is 6.13. The summed E-state index contributed by atoms with van der Waals surface area (Å²) in [6.45, 7) is 1.95. The Morgan fingerprint density at radius 3 is 2.81 bits per heavy atom. The van der Waals surface area contributed by atoms with Gasteiger partial charge in [-0.05, 0) is 43.3 Å². The van der Waals surface area contributed by atoms with E-state index in [1.807, 2.05) is 67.1 Å². The van der Waals surface area contributed by atoms with E-state index in [2.05, 4.69) is 37.5 Å². The van der Waals surface area contributed by atoms with Crippen molar-refractivity contribution in [1.82, 2.24) is 24.7 Å². The van der Waals surface area contributed by atoms with Gasteiger partial charge in [0, 0.05) is 43.3 Å². The lowest BCUT2D eigenvalue weighted by Crippen LogP contribution is -2.12. The van der Waals surface area contributed by atoms with Gasteiger partial charge in [0.2, 0.25) is 5.95 Å². The number of fused-ring (bicyclic) bond motifs is 1. The smallest absolute Gasteiger partial charge is 0.230 e. The van der Waals surface area contributed by atoms with E-state index in [0.29, 0.717) is 5.95 Å². The molecule has 1 N–H and O–H groups in total. The highest BCUT2D eigenvalue weighted by molar-refractivity contribution is 5.83. The molecule has 0 spiro atoms. The number of rotatable bonds is 4. The Labute approximate surface area is 151 Å². The maximum Gasteiger partial charge on any atom is 0.230 e. The zero-order valence-electron chi connectivity index (χ0n) is 14.9. The highest BCUT2D eigenvalue weighted by Gasteiger charge is 2.09. The van der Waals surface area contributed by atoms with Gasteiger partial charge in [-0.2, -0.15) is 10.1 Å². The molecule has 1 aromatic carbocycles. The minimum atomic E-state index is 0.506. The lowest BCUT2D eigenvalue weighted by molar-refractivity contribution is 0.780. The predicted molar refractivity (Wildman–Crippen MR) is 103 cm³/mol. The fourth-order valence-corrected chi connectivity index (χ4v) is 2.79. The molecule has 26 heavy (non-hydrogen) atoms. The largest absolute Gasteiger partial charge is 0.329 e. The van der Waals surface area contributed by atoms with Gasteiger partial charge in [-0.25, -0.2) is 9.97 Å². The molecule has 4 aromatic rings. The van der Waals surface area contributed by atoms with Gasteiger partial charge in [-0.1, -0.05) is 6.07 Å². The van der Waals surface area contributed by atoms with E-state index >= 15 is 0 Å². The summed E-state index contributed by atoms with van der Waals surface area (Å²) in [5, 5.41) is 8.73. The first-order valence-electron chi connectivity index (χ1n) is 8.29. The van der Waals surface area contributed by atoms with Crippen LogP contribution in [0.2, 0.25) is 0 Å². The molecule has 0 atom stereocenters. The van der Waals surface area contributed by atoms with Crippen LogP contribution in [0.15, 0.2) is 54.9 Å². The van der Waals surface area contributed by atoms with Crippen molar-refractivity contribution in [3.63, 3.8) is 0 Å². The number of nitrogens with zero attached hydrogens (tertiary/aromatic N) is 6. The van der Waals surface area contributed by atoms with Crippen molar-refractivity contribution in [3.05, 3.63) is 60.6 Å². The summed E-state index contributed by atoms with van der Waals surface area (Å²) < 4.78 is 1.82. The molecule has 0 aliphatic rings. The monoisotopic (exact) mass is 345 g/mol. The molecule has 0 fully saturated rings. The van der Waals surface area contributed by atoms with Crippen LogP contribution in [0.5, 0.6) is 0 Å². The normalized spacial score (nSPS) is 10.9. The summed E-state index contributed by atoms with van der Waals surface area (Å²) in [5.74, 6) is 2.01. The first kappa shape index (κ1) is 16.0. The molecular weight excluding hydrogens is 326 g/mol. The van der Waals surface area contributed by atoms with E-state index < -0.39 is 0 Å². The number of nitrogens with one attached hydrogen (secondary N) is 1. The average Bonchev–Trinajstić information content (AvgIpc) is 3.00. The highest BCUT2D eigenvalue weighted by Crippen LogP contribution is 2.26. The van der Waals surface area contributed by atoms with Crippen molar-refractivity contribution in [1.29, 1.82) is 0 Å². The van der Waals surface area contributed by atoms with Crippen molar-refractivity contribution >= 4 is 34.2 Å². The van der Waals surface area contributed by atoms with Gasteiger partial charge in [0.1, 0.15) is 11.6 Å². The molecule has 0 radical (unpaired) electrons. The lowest BCUT2D eigenvalue weighted by Gasteiger charge is -2.18.